The number of thiazole rings is 1. The van der Waals surface area contributed by atoms with Crippen LogP contribution in [0.25, 0.3) is 0 Å². The van der Waals surface area contributed by atoms with Gasteiger partial charge in [0.1, 0.15) is 10.6 Å². The van der Waals surface area contributed by atoms with Crippen LogP contribution in [0.5, 0.6) is 0 Å². The van der Waals surface area contributed by atoms with Crippen molar-refractivity contribution in [3.63, 3.8) is 0 Å². The summed E-state index contributed by atoms with van der Waals surface area (Å²) in [5, 5.41) is 3.20. The fraction of sp³-hybridized carbons (Fsp3) is 0.667. The Morgan fingerprint density at radius 1 is 1.33 bits per heavy atom. The zero-order valence-corrected chi connectivity index (χ0v) is 13.2. The minimum absolute atomic E-state index is 0.213. The third kappa shape index (κ3) is 3.90. The normalized spacial score (nSPS) is 28.6. The van der Waals surface area contributed by atoms with Gasteiger partial charge >= 0.3 is 0 Å². The van der Waals surface area contributed by atoms with Crippen LogP contribution in [0.1, 0.15) is 5.01 Å². The van der Waals surface area contributed by atoms with Crippen LogP contribution < -0.4 is 0 Å². The first-order valence-corrected chi connectivity index (χ1v) is 8.33. The second-order valence-electron chi connectivity index (χ2n) is 5.74. The first kappa shape index (κ1) is 15.1. The predicted octanol–water partition coefficient (Wildman–Crippen LogP) is 1.23. The van der Waals surface area contributed by atoms with Crippen molar-refractivity contribution in [1.82, 2.24) is 14.8 Å². The van der Waals surface area contributed by atoms with Crippen LogP contribution in [-0.2, 0) is 16.0 Å². The largest absolute Gasteiger partial charge is 0.377 e. The van der Waals surface area contributed by atoms with Crippen LogP contribution >= 0.6 is 11.3 Å². The van der Waals surface area contributed by atoms with E-state index in [1.165, 1.54) is 5.01 Å². The highest BCUT2D eigenvalue weighted by molar-refractivity contribution is 7.09. The van der Waals surface area contributed by atoms with E-state index in [2.05, 4.69) is 21.4 Å². The predicted molar refractivity (Wildman–Crippen MR) is 83.5 cm³/mol. The summed E-state index contributed by atoms with van der Waals surface area (Å²) < 4.78 is 12.0. The lowest BCUT2D eigenvalue weighted by molar-refractivity contribution is -0.142. The van der Waals surface area contributed by atoms with E-state index in [0.29, 0.717) is 6.61 Å². The number of rotatable bonds is 4. The molecule has 1 aromatic heterocycles. The lowest BCUT2D eigenvalue weighted by Crippen LogP contribution is -2.58. The van der Waals surface area contributed by atoms with Gasteiger partial charge in [0.25, 0.3) is 0 Å². The lowest BCUT2D eigenvalue weighted by Gasteiger charge is -2.43. The van der Waals surface area contributed by atoms with Gasteiger partial charge in [0, 0.05) is 44.3 Å². The number of hydrogen-bond acceptors (Lipinski definition) is 6. The quantitative estimate of drug-likeness (QED) is 0.782. The molecule has 0 bridgehead atoms. The van der Waals surface area contributed by atoms with Gasteiger partial charge < -0.3 is 9.47 Å². The van der Waals surface area contributed by atoms with E-state index >= 15 is 0 Å². The lowest BCUT2D eigenvalue weighted by atomic mass is 10.0. The monoisotopic (exact) mass is 309 g/mol. The van der Waals surface area contributed by atoms with E-state index in [1.807, 2.05) is 17.7 Å². The van der Waals surface area contributed by atoms with Gasteiger partial charge in [0.05, 0.1) is 26.4 Å². The molecule has 0 N–H and O–H groups in total. The van der Waals surface area contributed by atoms with Crippen LogP contribution in [0.15, 0.2) is 24.2 Å². The van der Waals surface area contributed by atoms with Gasteiger partial charge in [-0.25, -0.2) is 4.98 Å². The second kappa shape index (κ2) is 6.98. The van der Waals surface area contributed by atoms with E-state index < -0.39 is 0 Å². The SMILES string of the molecule is C=CCN1CCOC[C@]2(C1)CN(Cc1nccs1)CCO2. The molecule has 2 saturated heterocycles. The molecule has 2 fully saturated rings. The van der Waals surface area contributed by atoms with Crippen molar-refractivity contribution in [2.24, 2.45) is 0 Å². The van der Waals surface area contributed by atoms with Crippen molar-refractivity contribution in [2.75, 3.05) is 52.5 Å². The van der Waals surface area contributed by atoms with Crippen molar-refractivity contribution >= 4 is 11.3 Å². The summed E-state index contributed by atoms with van der Waals surface area (Å²) in [4.78, 5) is 9.19. The maximum atomic E-state index is 6.15. The minimum Gasteiger partial charge on any atom is -0.377 e. The summed E-state index contributed by atoms with van der Waals surface area (Å²) in [6.45, 7) is 11.6. The maximum absolute atomic E-state index is 6.15. The van der Waals surface area contributed by atoms with E-state index in [9.17, 15) is 0 Å². The van der Waals surface area contributed by atoms with Crippen molar-refractivity contribution < 1.29 is 9.47 Å². The first-order chi connectivity index (χ1) is 10.3. The maximum Gasteiger partial charge on any atom is 0.117 e. The molecule has 3 heterocycles. The molecule has 2 aliphatic rings. The first-order valence-electron chi connectivity index (χ1n) is 7.45. The van der Waals surface area contributed by atoms with E-state index in [-0.39, 0.29) is 5.60 Å². The summed E-state index contributed by atoms with van der Waals surface area (Å²) >= 11 is 1.72. The smallest absolute Gasteiger partial charge is 0.117 e. The van der Waals surface area contributed by atoms with Gasteiger partial charge in [0.15, 0.2) is 0 Å². The van der Waals surface area contributed by atoms with Crippen molar-refractivity contribution in [3.05, 3.63) is 29.2 Å². The van der Waals surface area contributed by atoms with Crippen molar-refractivity contribution in [1.29, 1.82) is 0 Å². The van der Waals surface area contributed by atoms with Gasteiger partial charge in [0.2, 0.25) is 0 Å². The molecule has 0 saturated carbocycles. The molecule has 6 heteroatoms. The van der Waals surface area contributed by atoms with Crippen molar-refractivity contribution in [3.8, 4) is 0 Å². The number of ether oxygens (including phenoxy) is 2. The Kier molecular flexibility index (Phi) is 5.03. The Morgan fingerprint density at radius 3 is 3.00 bits per heavy atom. The molecule has 0 amide bonds. The van der Waals surface area contributed by atoms with Crippen LogP contribution in [0, 0.1) is 0 Å². The molecule has 0 aromatic carbocycles. The molecule has 116 valence electrons. The summed E-state index contributed by atoms with van der Waals surface area (Å²) in [6.07, 6.45) is 3.83. The molecule has 21 heavy (non-hydrogen) atoms. The van der Waals surface area contributed by atoms with E-state index in [1.54, 1.807) is 11.3 Å². The van der Waals surface area contributed by atoms with Gasteiger partial charge in [-0.1, -0.05) is 6.08 Å². The Labute approximate surface area is 130 Å². The van der Waals surface area contributed by atoms with Crippen LogP contribution in [0.2, 0.25) is 0 Å². The second-order valence-corrected chi connectivity index (χ2v) is 6.72. The topological polar surface area (TPSA) is 37.8 Å². The molecule has 0 unspecified atom stereocenters. The minimum atomic E-state index is -0.213. The average molecular weight is 309 g/mol. The molecule has 0 radical (unpaired) electrons. The molecule has 1 spiro atoms. The molecular formula is C15H23N3O2S. The number of aromatic nitrogens is 1. The molecule has 2 aliphatic heterocycles. The van der Waals surface area contributed by atoms with Crippen LogP contribution in [0.4, 0.5) is 0 Å². The number of nitrogens with zero attached hydrogens (tertiary/aromatic N) is 3. The summed E-state index contributed by atoms with van der Waals surface area (Å²) in [6, 6.07) is 0. The van der Waals surface area contributed by atoms with Gasteiger partial charge in [-0.3, -0.25) is 9.80 Å². The third-order valence-electron chi connectivity index (χ3n) is 3.99. The van der Waals surface area contributed by atoms with E-state index in [4.69, 9.17) is 9.47 Å². The van der Waals surface area contributed by atoms with Crippen LogP contribution in [0.3, 0.4) is 0 Å². The highest BCUT2D eigenvalue weighted by Crippen LogP contribution is 2.24. The van der Waals surface area contributed by atoms with Crippen molar-refractivity contribution in [2.45, 2.75) is 12.1 Å². The highest BCUT2D eigenvalue weighted by atomic mass is 32.1. The highest BCUT2D eigenvalue weighted by Gasteiger charge is 2.40. The van der Waals surface area contributed by atoms with Gasteiger partial charge in [-0.15, -0.1) is 17.9 Å². The molecule has 5 nitrogen and oxygen atoms in total. The Morgan fingerprint density at radius 2 is 2.19 bits per heavy atom. The standard InChI is InChI=1S/C15H23N3O2S/c1-2-4-17-5-7-19-13-15(11-17)12-18(6-8-20-15)10-14-16-3-9-21-14/h2-3,9H,1,4-8,10-13H2/t15-/m0/s1. The Balaban J connectivity index is 1.66. The average Bonchev–Trinajstić information content (AvgIpc) is 2.90. The zero-order valence-electron chi connectivity index (χ0n) is 12.4. The number of morpholine rings is 1. The molecular weight excluding hydrogens is 286 g/mol. The van der Waals surface area contributed by atoms with Gasteiger partial charge in [-0.2, -0.15) is 0 Å². The summed E-state index contributed by atoms with van der Waals surface area (Å²) in [7, 11) is 0. The fourth-order valence-electron chi connectivity index (χ4n) is 3.09. The zero-order chi connectivity index (χ0) is 14.5. The summed E-state index contributed by atoms with van der Waals surface area (Å²) in [5.74, 6) is 0. The number of hydrogen-bond donors (Lipinski definition) is 0. The Hall–Kier alpha value is -0.790. The summed E-state index contributed by atoms with van der Waals surface area (Å²) in [5.41, 5.74) is -0.213. The molecule has 1 aromatic rings. The Bertz CT molecular complexity index is 454. The molecule has 0 aliphatic carbocycles. The van der Waals surface area contributed by atoms with Gasteiger partial charge in [-0.05, 0) is 0 Å². The molecule has 1 atom stereocenters. The van der Waals surface area contributed by atoms with E-state index in [0.717, 1.165) is 52.5 Å². The third-order valence-corrected chi connectivity index (χ3v) is 4.75. The molecule has 3 rings (SSSR count). The van der Waals surface area contributed by atoms with Crippen LogP contribution in [-0.4, -0.2) is 72.9 Å². The fourth-order valence-corrected chi connectivity index (χ4v) is 3.74.